The lowest BCUT2D eigenvalue weighted by molar-refractivity contribution is 0.0954. The molecule has 0 aromatic heterocycles. The molecule has 5 heteroatoms. The minimum atomic E-state index is -0.0413. The number of nitrogens with zero attached hydrogens (tertiary/aromatic N) is 2. The van der Waals surface area contributed by atoms with Gasteiger partial charge in [-0.15, -0.1) is 0 Å². The first-order valence-electron chi connectivity index (χ1n) is 11.5. The van der Waals surface area contributed by atoms with Crippen LogP contribution in [0.15, 0.2) is 48.5 Å². The topological polar surface area (TPSA) is 44.8 Å². The van der Waals surface area contributed by atoms with Crippen molar-refractivity contribution < 1.29 is 9.53 Å². The van der Waals surface area contributed by atoms with E-state index < -0.39 is 0 Å². The molecular weight excluding hydrogens is 386 g/mol. The van der Waals surface area contributed by atoms with Crippen LogP contribution in [-0.2, 0) is 13.0 Å². The van der Waals surface area contributed by atoms with Gasteiger partial charge in [0.25, 0.3) is 5.91 Å². The van der Waals surface area contributed by atoms with E-state index >= 15 is 0 Å². The van der Waals surface area contributed by atoms with E-state index in [4.69, 9.17) is 4.74 Å². The fraction of sp³-hybridized carbons (Fsp3) is 0.500. The predicted molar refractivity (Wildman–Crippen MR) is 127 cm³/mol. The van der Waals surface area contributed by atoms with Gasteiger partial charge in [0.2, 0.25) is 0 Å². The second-order valence-corrected chi connectivity index (χ2v) is 8.96. The fourth-order valence-corrected chi connectivity index (χ4v) is 3.61. The number of rotatable bonds is 10. The summed E-state index contributed by atoms with van der Waals surface area (Å²) < 4.78 is 5.72. The van der Waals surface area contributed by atoms with Crippen LogP contribution in [0.2, 0.25) is 0 Å². The van der Waals surface area contributed by atoms with E-state index in [2.05, 4.69) is 60.3 Å². The molecule has 2 aromatic carbocycles. The molecule has 5 nitrogen and oxygen atoms in total. The minimum absolute atomic E-state index is 0.0413. The van der Waals surface area contributed by atoms with E-state index in [-0.39, 0.29) is 5.91 Å². The van der Waals surface area contributed by atoms with Gasteiger partial charge in [-0.3, -0.25) is 9.69 Å². The van der Waals surface area contributed by atoms with Crippen molar-refractivity contribution in [2.75, 3.05) is 46.4 Å². The highest BCUT2D eigenvalue weighted by atomic mass is 16.5. The molecule has 0 atom stereocenters. The predicted octanol–water partition coefficient (Wildman–Crippen LogP) is 3.83. The molecule has 1 amide bonds. The van der Waals surface area contributed by atoms with Crippen LogP contribution >= 0.6 is 0 Å². The molecule has 0 aliphatic carbocycles. The van der Waals surface area contributed by atoms with Crippen LogP contribution in [0.3, 0.4) is 0 Å². The number of hydrogen-bond donors (Lipinski definition) is 1. The Bertz CT molecular complexity index is 794. The third-order valence-electron chi connectivity index (χ3n) is 5.80. The van der Waals surface area contributed by atoms with Crippen LogP contribution in [0.1, 0.15) is 41.8 Å². The fourth-order valence-electron chi connectivity index (χ4n) is 3.61. The molecule has 2 aromatic rings. The van der Waals surface area contributed by atoms with Gasteiger partial charge in [0.1, 0.15) is 5.75 Å². The van der Waals surface area contributed by atoms with Crippen LogP contribution in [0.5, 0.6) is 5.75 Å². The van der Waals surface area contributed by atoms with Crippen molar-refractivity contribution in [1.29, 1.82) is 0 Å². The van der Waals surface area contributed by atoms with Gasteiger partial charge in [-0.2, -0.15) is 0 Å². The SMILES string of the molecule is CC(C)CCOc1ccc(C(=O)NCCc2ccc(CN3CCN(C)CC3)cc2)cc1. The number of carbonyl (C=O) groups is 1. The summed E-state index contributed by atoms with van der Waals surface area (Å²) in [6, 6.07) is 16.2. The maximum Gasteiger partial charge on any atom is 0.251 e. The van der Waals surface area contributed by atoms with Gasteiger partial charge >= 0.3 is 0 Å². The quantitative estimate of drug-likeness (QED) is 0.631. The molecule has 1 aliphatic rings. The van der Waals surface area contributed by atoms with Crippen LogP contribution in [0.4, 0.5) is 0 Å². The number of nitrogens with one attached hydrogen (secondary N) is 1. The van der Waals surface area contributed by atoms with E-state index in [1.165, 1.54) is 11.1 Å². The standard InChI is InChI=1S/C26H37N3O2/c1-21(2)13-19-31-25-10-8-24(9-11-25)26(30)27-14-12-22-4-6-23(7-5-22)20-29-17-15-28(3)16-18-29/h4-11,21H,12-20H2,1-3H3,(H,27,30). The van der Waals surface area contributed by atoms with Crippen molar-refractivity contribution in [2.45, 2.75) is 33.2 Å². The first kappa shape index (κ1) is 23.3. The van der Waals surface area contributed by atoms with Gasteiger partial charge < -0.3 is 15.0 Å². The van der Waals surface area contributed by atoms with Crippen LogP contribution in [-0.4, -0.2) is 62.1 Å². The molecule has 168 valence electrons. The van der Waals surface area contributed by atoms with Crippen molar-refractivity contribution >= 4 is 5.91 Å². The summed E-state index contributed by atoms with van der Waals surface area (Å²) in [6.45, 7) is 11.3. The molecule has 0 spiro atoms. The molecule has 3 rings (SSSR count). The largest absolute Gasteiger partial charge is 0.494 e. The van der Waals surface area contributed by atoms with Crippen molar-refractivity contribution in [2.24, 2.45) is 5.92 Å². The normalized spacial score (nSPS) is 15.2. The van der Waals surface area contributed by atoms with E-state index in [0.29, 0.717) is 24.6 Å². The highest BCUT2D eigenvalue weighted by molar-refractivity contribution is 5.94. The summed E-state index contributed by atoms with van der Waals surface area (Å²) >= 11 is 0. The summed E-state index contributed by atoms with van der Waals surface area (Å²) in [5, 5.41) is 3.02. The Balaban J connectivity index is 1.38. The Morgan fingerprint density at radius 2 is 1.61 bits per heavy atom. The molecule has 31 heavy (non-hydrogen) atoms. The molecule has 1 saturated heterocycles. The van der Waals surface area contributed by atoms with E-state index in [1.807, 2.05) is 24.3 Å². The maximum atomic E-state index is 12.4. The van der Waals surface area contributed by atoms with Crippen LogP contribution in [0, 0.1) is 5.92 Å². The Labute approximate surface area is 187 Å². The number of carbonyl (C=O) groups excluding carboxylic acids is 1. The van der Waals surface area contributed by atoms with Gasteiger partial charge in [0.05, 0.1) is 6.61 Å². The number of benzene rings is 2. The zero-order valence-corrected chi connectivity index (χ0v) is 19.3. The second-order valence-electron chi connectivity index (χ2n) is 8.96. The van der Waals surface area contributed by atoms with Gasteiger partial charge in [-0.1, -0.05) is 38.1 Å². The summed E-state index contributed by atoms with van der Waals surface area (Å²) in [5.74, 6) is 1.40. The molecule has 0 unspecified atom stereocenters. The van der Waals surface area contributed by atoms with Crippen molar-refractivity contribution in [1.82, 2.24) is 15.1 Å². The Morgan fingerprint density at radius 1 is 0.968 bits per heavy atom. The lowest BCUT2D eigenvalue weighted by Crippen LogP contribution is -2.43. The third kappa shape index (κ3) is 8.00. The molecule has 1 aliphatic heterocycles. The number of amides is 1. The highest BCUT2D eigenvalue weighted by Crippen LogP contribution is 2.14. The average molecular weight is 424 g/mol. The number of piperazine rings is 1. The Hall–Kier alpha value is -2.37. The molecule has 0 radical (unpaired) electrons. The number of hydrogen-bond acceptors (Lipinski definition) is 4. The summed E-state index contributed by atoms with van der Waals surface area (Å²) in [6.07, 6.45) is 1.86. The smallest absolute Gasteiger partial charge is 0.251 e. The van der Waals surface area contributed by atoms with E-state index in [0.717, 1.165) is 51.3 Å². The van der Waals surface area contributed by atoms with Gasteiger partial charge in [0, 0.05) is 44.8 Å². The summed E-state index contributed by atoms with van der Waals surface area (Å²) in [4.78, 5) is 17.3. The first-order chi connectivity index (χ1) is 15.0. The lowest BCUT2D eigenvalue weighted by atomic mass is 10.1. The Morgan fingerprint density at radius 3 is 2.26 bits per heavy atom. The van der Waals surface area contributed by atoms with Crippen molar-refractivity contribution in [3.63, 3.8) is 0 Å². The van der Waals surface area contributed by atoms with Crippen molar-refractivity contribution in [3.8, 4) is 5.75 Å². The van der Waals surface area contributed by atoms with Crippen LogP contribution < -0.4 is 10.1 Å². The lowest BCUT2D eigenvalue weighted by Gasteiger charge is -2.32. The van der Waals surface area contributed by atoms with Gasteiger partial charge in [0.15, 0.2) is 0 Å². The van der Waals surface area contributed by atoms with Crippen molar-refractivity contribution in [3.05, 3.63) is 65.2 Å². The van der Waals surface area contributed by atoms with Gasteiger partial charge in [-0.05, 0) is 61.2 Å². The zero-order valence-electron chi connectivity index (χ0n) is 19.3. The second kappa shape index (κ2) is 11.9. The number of likely N-dealkylation sites (N-methyl/N-ethyl adjacent to an activating group) is 1. The molecule has 1 heterocycles. The maximum absolute atomic E-state index is 12.4. The molecule has 1 N–H and O–H groups in total. The van der Waals surface area contributed by atoms with E-state index in [9.17, 15) is 4.79 Å². The molecular formula is C26H37N3O2. The summed E-state index contributed by atoms with van der Waals surface area (Å²) in [5.41, 5.74) is 3.27. The summed E-state index contributed by atoms with van der Waals surface area (Å²) in [7, 11) is 2.18. The average Bonchev–Trinajstić information content (AvgIpc) is 2.77. The minimum Gasteiger partial charge on any atom is -0.494 e. The molecule has 0 bridgehead atoms. The molecule has 0 saturated carbocycles. The molecule has 1 fully saturated rings. The Kier molecular flexibility index (Phi) is 8.92. The first-order valence-corrected chi connectivity index (χ1v) is 11.5. The highest BCUT2D eigenvalue weighted by Gasteiger charge is 2.13. The third-order valence-corrected chi connectivity index (χ3v) is 5.80. The van der Waals surface area contributed by atoms with E-state index in [1.54, 1.807) is 0 Å². The number of ether oxygens (including phenoxy) is 1. The zero-order chi connectivity index (χ0) is 22.1. The monoisotopic (exact) mass is 423 g/mol. The van der Waals surface area contributed by atoms with Gasteiger partial charge in [-0.25, -0.2) is 0 Å². The van der Waals surface area contributed by atoms with Crippen LogP contribution in [0.25, 0.3) is 0 Å².